The van der Waals surface area contributed by atoms with E-state index in [1.165, 1.54) is 13.0 Å². The molecule has 0 spiro atoms. The quantitative estimate of drug-likeness (QED) is 0.0949. The molecular formula is C39H27FO6. The summed E-state index contributed by atoms with van der Waals surface area (Å²) in [6, 6.07) is 22.2. The predicted octanol–water partition coefficient (Wildman–Crippen LogP) is 7.27. The Balaban J connectivity index is 1.61. The summed E-state index contributed by atoms with van der Waals surface area (Å²) in [5, 5.41) is 0. The van der Waals surface area contributed by atoms with Crippen molar-refractivity contribution in [3.8, 4) is 52.1 Å². The lowest BCUT2D eigenvalue weighted by Gasteiger charge is -2.11. The summed E-state index contributed by atoms with van der Waals surface area (Å²) in [6.45, 7) is 13.4. The third kappa shape index (κ3) is 8.35. The Morgan fingerprint density at radius 3 is 1.65 bits per heavy atom. The first-order valence-electron chi connectivity index (χ1n) is 13.8. The van der Waals surface area contributed by atoms with Crippen molar-refractivity contribution >= 4 is 17.9 Å². The number of rotatable bonds is 7. The molecule has 0 bridgehead atoms. The monoisotopic (exact) mass is 610 g/mol. The van der Waals surface area contributed by atoms with E-state index >= 15 is 4.39 Å². The van der Waals surface area contributed by atoms with Crippen LogP contribution >= 0.6 is 0 Å². The number of carbonyl (C=O) groups is 3. The van der Waals surface area contributed by atoms with E-state index in [4.69, 9.17) is 14.2 Å². The molecule has 0 aliphatic heterocycles. The highest BCUT2D eigenvalue weighted by Crippen LogP contribution is 2.28. The van der Waals surface area contributed by atoms with Gasteiger partial charge >= 0.3 is 17.9 Å². The van der Waals surface area contributed by atoms with Gasteiger partial charge in [0.1, 0.15) is 22.9 Å². The summed E-state index contributed by atoms with van der Waals surface area (Å²) < 4.78 is 31.3. The molecule has 4 aromatic rings. The van der Waals surface area contributed by atoms with E-state index in [9.17, 15) is 14.4 Å². The van der Waals surface area contributed by atoms with Crippen molar-refractivity contribution in [2.75, 3.05) is 0 Å². The SMILES string of the molecule is C=CC(=O)Oc1ccc(C#Cc2c(OC(=O)C(=C)C)cc(C#Cc3ccc(-c4ccc(OC(=O)C=C)cc4)cc3)c(C)c2F)cc1. The van der Waals surface area contributed by atoms with Crippen molar-refractivity contribution in [2.24, 2.45) is 0 Å². The maximum absolute atomic E-state index is 15.7. The Hall–Kier alpha value is -6.44. The highest BCUT2D eigenvalue weighted by molar-refractivity contribution is 5.89. The molecule has 4 rings (SSSR count). The van der Waals surface area contributed by atoms with Crippen LogP contribution in [-0.2, 0) is 14.4 Å². The van der Waals surface area contributed by atoms with Crippen LogP contribution < -0.4 is 14.2 Å². The van der Waals surface area contributed by atoms with Gasteiger partial charge in [0.25, 0.3) is 0 Å². The Bertz CT molecular complexity index is 1980. The fourth-order valence-electron chi connectivity index (χ4n) is 3.90. The first kappa shape index (κ1) is 32.5. The van der Waals surface area contributed by atoms with E-state index in [0.717, 1.165) is 23.3 Å². The average molecular weight is 611 g/mol. The van der Waals surface area contributed by atoms with E-state index in [1.54, 1.807) is 43.3 Å². The van der Waals surface area contributed by atoms with Gasteiger partial charge in [-0.3, -0.25) is 0 Å². The van der Waals surface area contributed by atoms with E-state index in [1.807, 2.05) is 36.4 Å². The van der Waals surface area contributed by atoms with Crippen LogP contribution in [0.1, 0.15) is 34.7 Å². The molecule has 0 saturated heterocycles. The Morgan fingerprint density at radius 2 is 1.15 bits per heavy atom. The lowest BCUT2D eigenvalue weighted by molar-refractivity contribution is -0.130. The Labute approximate surface area is 266 Å². The number of ether oxygens (including phenoxy) is 3. The third-order valence-corrected chi connectivity index (χ3v) is 6.40. The van der Waals surface area contributed by atoms with Gasteiger partial charge < -0.3 is 14.2 Å². The van der Waals surface area contributed by atoms with Gasteiger partial charge in [0.05, 0.1) is 0 Å². The summed E-state index contributed by atoms with van der Waals surface area (Å²) in [5.74, 6) is 9.67. The summed E-state index contributed by atoms with van der Waals surface area (Å²) >= 11 is 0. The number of benzene rings is 4. The summed E-state index contributed by atoms with van der Waals surface area (Å²) in [4.78, 5) is 35.2. The van der Waals surface area contributed by atoms with Crippen molar-refractivity contribution in [3.05, 3.63) is 150 Å². The van der Waals surface area contributed by atoms with E-state index in [2.05, 4.69) is 43.4 Å². The van der Waals surface area contributed by atoms with Gasteiger partial charge in [-0.15, -0.1) is 0 Å². The minimum atomic E-state index is -0.735. The molecule has 0 atom stereocenters. The molecule has 0 N–H and O–H groups in total. The van der Waals surface area contributed by atoms with Gasteiger partial charge in [-0.05, 0) is 79.6 Å². The van der Waals surface area contributed by atoms with Crippen LogP contribution in [0.25, 0.3) is 11.1 Å². The topological polar surface area (TPSA) is 78.9 Å². The molecule has 0 aliphatic carbocycles. The Morgan fingerprint density at radius 1 is 0.696 bits per heavy atom. The molecule has 7 heteroatoms. The van der Waals surface area contributed by atoms with Crippen LogP contribution in [0.15, 0.2) is 116 Å². The number of esters is 3. The van der Waals surface area contributed by atoms with Crippen LogP contribution in [-0.4, -0.2) is 17.9 Å². The maximum atomic E-state index is 15.7. The summed E-state index contributed by atoms with van der Waals surface area (Å²) in [5.41, 5.74) is 3.56. The number of hydrogen-bond donors (Lipinski definition) is 0. The molecule has 4 aromatic carbocycles. The largest absolute Gasteiger partial charge is 0.423 e. The molecule has 0 aliphatic rings. The molecule has 6 nitrogen and oxygen atoms in total. The van der Waals surface area contributed by atoms with Crippen molar-refractivity contribution in [1.29, 1.82) is 0 Å². The standard InChI is InChI=1S/C39H27FO6/c1-6-36(41)44-32-19-11-28(12-20-32)13-23-34-35(46-39(43)25(3)4)24-31(26(5)38(34)40)16-10-27-8-14-29(15-9-27)30-17-21-33(22-18-30)45-37(42)7-2/h6-9,11-12,14-15,17-22,24H,1-3H2,4-5H3. The fraction of sp³-hybridized carbons (Fsp3) is 0.0513. The Kier molecular flexibility index (Phi) is 10.5. The molecule has 0 aromatic heterocycles. The van der Waals surface area contributed by atoms with Crippen LogP contribution in [0.2, 0.25) is 0 Å². The molecular weight excluding hydrogens is 583 g/mol. The zero-order valence-corrected chi connectivity index (χ0v) is 25.1. The zero-order chi connectivity index (χ0) is 33.2. The molecule has 0 amide bonds. The van der Waals surface area contributed by atoms with E-state index in [0.29, 0.717) is 28.2 Å². The normalized spacial score (nSPS) is 9.80. The molecule has 0 radical (unpaired) electrons. The molecule has 0 unspecified atom stereocenters. The van der Waals surface area contributed by atoms with Gasteiger partial charge in [0.2, 0.25) is 0 Å². The fourth-order valence-corrected chi connectivity index (χ4v) is 3.90. The van der Waals surface area contributed by atoms with Crippen molar-refractivity contribution in [2.45, 2.75) is 13.8 Å². The van der Waals surface area contributed by atoms with Crippen molar-refractivity contribution < 1.29 is 33.0 Å². The number of hydrogen-bond acceptors (Lipinski definition) is 6. The van der Waals surface area contributed by atoms with Crippen molar-refractivity contribution in [1.82, 2.24) is 0 Å². The van der Waals surface area contributed by atoms with Gasteiger partial charge in [-0.25, -0.2) is 18.8 Å². The maximum Gasteiger partial charge on any atom is 0.338 e. The van der Waals surface area contributed by atoms with Gasteiger partial charge in [0.15, 0.2) is 5.75 Å². The molecule has 0 saturated carbocycles. The van der Waals surface area contributed by atoms with Crippen LogP contribution in [0.3, 0.4) is 0 Å². The highest BCUT2D eigenvalue weighted by Gasteiger charge is 2.18. The summed E-state index contributed by atoms with van der Waals surface area (Å²) in [7, 11) is 0. The minimum absolute atomic E-state index is 0.0954. The first-order chi connectivity index (χ1) is 22.1. The van der Waals surface area contributed by atoms with E-state index < -0.39 is 23.7 Å². The minimum Gasteiger partial charge on any atom is -0.423 e. The molecule has 46 heavy (non-hydrogen) atoms. The zero-order valence-electron chi connectivity index (χ0n) is 25.1. The summed E-state index contributed by atoms with van der Waals surface area (Å²) in [6.07, 6.45) is 2.14. The van der Waals surface area contributed by atoms with Gasteiger partial charge in [0, 0.05) is 40.0 Å². The lowest BCUT2D eigenvalue weighted by atomic mass is 10.0. The third-order valence-electron chi connectivity index (χ3n) is 6.40. The van der Waals surface area contributed by atoms with Gasteiger partial charge in [-0.2, -0.15) is 0 Å². The number of carbonyl (C=O) groups excluding carboxylic acids is 3. The first-order valence-corrected chi connectivity index (χ1v) is 13.8. The van der Waals surface area contributed by atoms with Gasteiger partial charge in [-0.1, -0.05) is 67.7 Å². The van der Waals surface area contributed by atoms with E-state index in [-0.39, 0.29) is 22.4 Å². The molecule has 226 valence electrons. The lowest BCUT2D eigenvalue weighted by Crippen LogP contribution is -2.11. The number of halogens is 1. The average Bonchev–Trinajstić information content (AvgIpc) is 3.06. The van der Waals surface area contributed by atoms with Crippen LogP contribution in [0, 0.1) is 36.4 Å². The predicted molar refractivity (Wildman–Crippen MR) is 174 cm³/mol. The second-order valence-corrected chi connectivity index (χ2v) is 9.78. The highest BCUT2D eigenvalue weighted by atomic mass is 19.1. The van der Waals surface area contributed by atoms with Crippen LogP contribution in [0.5, 0.6) is 17.2 Å². The second kappa shape index (κ2) is 14.8. The van der Waals surface area contributed by atoms with Crippen molar-refractivity contribution in [3.63, 3.8) is 0 Å². The molecule has 0 heterocycles. The second-order valence-electron chi connectivity index (χ2n) is 9.78. The van der Waals surface area contributed by atoms with Crippen LogP contribution in [0.4, 0.5) is 4.39 Å². The molecule has 0 fully saturated rings. The smallest absolute Gasteiger partial charge is 0.338 e.